The second-order valence-electron chi connectivity index (χ2n) is 4.12. The van der Waals surface area contributed by atoms with E-state index < -0.39 is 0 Å². The van der Waals surface area contributed by atoms with E-state index in [-0.39, 0.29) is 18.1 Å². The molecule has 0 radical (unpaired) electrons. The van der Waals surface area contributed by atoms with Crippen molar-refractivity contribution in [1.82, 2.24) is 5.43 Å². The lowest BCUT2D eigenvalue weighted by atomic mass is 10.1. The molecule has 0 spiro atoms. The van der Waals surface area contributed by atoms with E-state index in [0.29, 0.717) is 5.56 Å². The highest BCUT2D eigenvalue weighted by atomic mass is 79.9. The predicted octanol–water partition coefficient (Wildman–Crippen LogP) is 3.28. The Labute approximate surface area is 124 Å². The fraction of sp³-hybridized carbons (Fsp3) is 0.0667. The Kier molecular flexibility index (Phi) is 5.01. The van der Waals surface area contributed by atoms with E-state index in [9.17, 15) is 9.18 Å². The van der Waals surface area contributed by atoms with E-state index in [0.717, 1.165) is 10.0 Å². The van der Waals surface area contributed by atoms with Crippen LogP contribution in [0.3, 0.4) is 0 Å². The summed E-state index contributed by atoms with van der Waals surface area (Å²) >= 11 is 3.33. The standard InChI is InChI=1S/C15H12BrFN2O/c16-13-7-5-11(6-8-13)9-15(20)19-18-10-12-3-1-2-4-14(12)17/h1-8,10H,9H2,(H,19,20)/b18-10+. The molecule has 0 bridgehead atoms. The minimum atomic E-state index is -0.376. The molecular weight excluding hydrogens is 323 g/mol. The maximum atomic E-state index is 13.3. The summed E-state index contributed by atoms with van der Waals surface area (Å²) in [7, 11) is 0. The maximum absolute atomic E-state index is 13.3. The third-order valence-corrected chi connectivity index (χ3v) is 3.10. The lowest BCUT2D eigenvalue weighted by Gasteiger charge is -2.01. The number of hydrogen-bond donors (Lipinski definition) is 1. The first-order valence-electron chi connectivity index (χ1n) is 5.96. The molecule has 0 aromatic heterocycles. The third kappa shape index (κ3) is 4.28. The molecule has 2 aromatic rings. The smallest absolute Gasteiger partial charge is 0.244 e. The summed E-state index contributed by atoms with van der Waals surface area (Å²) in [6.45, 7) is 0. The molecule has 0 saturated heterocycles. The quantitative estimate of drug-likeness (QED) is 0.676. The molecule has 0 heterocycles. The van der Waals surface area contributed by atoms with E-state index in [2.05, 4.69) is 26.5 Å². The first-order valence-corrected chi connectivity index (χ1v) is 6.75. The van der Waals surface area contributed by atoms with E-state index in [1.54, 1.807) is 18.2 Å². The molecule has 3 nitrogen and oxygen atoms in total. The maximum Gasteiger partial charge on any atom is 0.244 e. The molecule has 5 heteroatoms. The van der Waals surface area contributed by atoms with Crippen molar-refractivity contribution in [2.75, 3.05) is 0 Å². The van der Waals surface area contributed by atoms with Gasteiger partial charge in [-0.2, -0.15) is 5.10 Å². The topological polar surface area (TPSA) is 41.5 Å². The van der Waals surface area contributed by atoms with Crippen LogP contribution in [0.25, 0.3) is 0 Å². The molecule has 0 aliphatic rings. The fourth-order valence-corrected chi connectivity index (χ4v) is 1.85. The Hall–Kier alpha value is -2.01. The van der Waals surface area contributed by atoms with Crippen LogP contribution in [0.5, 0.6) is 0 Å². The van der Waals surface area contributed by atoms with Gasteiger partial charge in [0.2, 0.25) is 5.91 Å². The van der Waals surface area contributed by atoms with Gasteiger partial charge >= 0.3 is 0 Å². The summed E-state index contributed by atoms with van der Waals surface area (Å²) in [5.74, 6) is -0.627. The van der Waals surface area contributed by atoms with Crippen molar-refractivity contribution in [3.8, 4) is 0 Å². The van der Waals surface area contributed by atoms with Crippen LogP contribution in [0.4, 0.5) is 4.39 Å². The summed E-state index contributed by atoms with van der Waals surface area (Å²) in [5, 5.41) is 3.74. The highest BCUT2D eigenvalue weighted by Gasteiger charge is 2.02. The summed E-state index contributed by atoms with van der Waals surface area (Å²) < 4.78 is 14.2. The second kappa shape index (κ2) is 6.96. The molecular formula is C15H12BrFN2O. The number of carbonyl (C=O) groups is 1. The Morgan fingerprint density at radius 2 is 1.90 bits per heavy atom. The number of rotatable bonds is 4. The number of nitrogens with one attached hydrogen (secondary N) is 1. The van der Waals surface area contributed by atoms with Gasteiger partial charge in [-0.15, -0.1) is 0 Å². The van der Waals surface area contributed by atoms with Gasteiger partial charge in [-0.05, 0) is 23.8 Å². The fourth-order valence-electron chi connectivity index (χ4n) is 1.58. The summed E-state index contributed by atoms with van der Waals surface area (Å²) in [4.78, 5) is 11.6. The van der Waals surface area contributed by atoms with Gasteiger partial charge < -0.3 is 0 Å². The molecule has 0 atom stereocenters. The van der Waals surface area contributed by atoms with Crippen molar-refractivity contribution in [1.29, 1.82) is 0 Å². The lowest BCUT2D eigenvalue weighted by molar-refractivity contribution is -0.120. The molecule has 0 fully saturated rings. The normalized spacial score (nSPS) is 10.7. The lowest BCUT2D eigenvalue weighted by Crippen LogP contribution is -2.19. The summed E-state index contributed by atoms with van der Waals surface area (Å²) in [6.07, 6.45) is 1.51. The van der Waals surface area contributed by atoms with Crippen molar-refractivity contribution in [2.45, 2.75) is 6.42 Å². The highest BCUT2D eigenvalue weighted by molar-refractivity contribution is 9.10. The number of halogens is 2. The van der Waals surface area contributed by atoms with Gasteiger partial charge in [0.1, 0.15) is 5.82 Å². The first kappa shape index (κ1) is 14.4. The summed E-state index contributed by atoms with van der Waals surface area (Å²) in [5.41, 5.74) is 3.58. The molecule has 2 aromatic carbocycles. The average molecular weight is 335 g/mol. The van der Waals surface area contributed by atoms with E-state index in [1.807, 2.05) is 24.3 Å². The van der Waals surface area contributed by atoms with Gasteiger partial charge in [0.15, 0.2) is 0 Å². The molecule has 0 aliphatic heterocycles. The van der Waals surface area contributed by atoms with Crippen LogP contribution in [0.1, 0.15) is 11.1 Å². The number of hydrazone groups is 1. The van der Waals surface area contributed by atoms with Gasteiger partial charge in [-0.3, -0.25) is 4.79 Å². The Morgan fingerprint density at radius 1 is 1.20 bits per heavy atom. The van der Waals surface area contributed by atoms with Crippen LogP contribution in [0.2, 0.25) is 0 Å². The van der Waals surface area contributed by atoms with Gasteiger partial charge in [0, 0.05) is 10.0 Å². The highest BCUT2D eigenvalue weighted by Crippen LogP contribution is 2.10. The molecule has 102 valence electrons. The van der Waals surface area contributed by atoms with Gasteiger partial charge in [0.25, 0.3) is 0 Å². The SMILES string of the molecule is O=C(Cc1ccc(Br)cc1)N/N=C/c1ccccc1F. The number of nitrogens with zero attached hydrogens (tertiary/aromatic N) is 1. The van der Waals surface area contributed by atoms with Gasteiger partial charge in [0.05, 0.1) is 12.6 Å². The van der Waals surface area contributed by atoms with Crippen molar-refractivity contribution in [3.05, 3.63) is 69.9 Å². The summed E-state index contributed by atoms with van der Waals surface area (Å²) in [6, 6.07) is 13.7. The second-order valence-corrected chi connectivity index (χ2v) is 5.03. The van der Waals surface area contributed by atoms with E-state index >= 15 is 0 Å². The zero-order chi connectivity index (χ0) is 14.4. The molecule has 0 aliphatic carbocycles. The van der Waals surface area contributed by atoms with Crippen molar-refractivity contribution < 1.29 is 9.18 Å². The number of carbonyl (C=O) groups excluding carboxylic acids is 1. The van der Waals surface area contributed by atoms with Crippen molar-refractivity contribution >= 4 is 28.1 Å². The van der Waals surface area contributed by atoms with Crippen molar-refractivity contribution in [2.24, 2.45) is 5.10 Å². The molecule has 2 rings (SSSR count). The van der Waals surface area contributed by atoms with Crippen molar-refractivity contribution in [3.63, 3.8) is 0 Å². The first-order chi connectivity index (χ1) is 9.65. The molecule has 0 saturated carbocycles. The molecule has 1 amide bonds. The van der Waals surface area contributed by atoms with E-state index in [1.165, 1.54) is 12.3 Å². The van der Waals surface area contributed by atoms with Gasteiger partial charge in [-0.1, -0.05) is 46.3 Å². The largest absolute Gasteiger partial charge is 0.273 e. The number of hydrogen-bond acceptors (Lipinski definition) is 2. The zero-order valence-electron chi connectivity index (χ0n) is 10.5. The Balaban J connectivity index is 1.89. The average Bonchev–Trinajstić information content (AvgIpc) is 2.43. The monoisotopic (exact) mass is 334 g/mol. The van der Waals surface area contributed by atoms with Crippen LogP contribution >= 0.6 is 15.9 Å². The van der Waals surface area contributed by atoms with Crippen LogP contribution in [0, 0.1) is 5.82 Å². The molecule has 1 N–H and O–H groups in total. The van der Waals surface area contributed by atoms with E-state index in [4.69, 9.17) is 0 Å². The Morgan fingerprint density at radius 3 is 2.60 bits per heavy atom. The zero-order valence-corrected chi connectivity index (χ0v) is 12.1. The Bertz CT molecular complexity index is 626. The molecule has 0 unspecified atom stereocenters. The van der Waals surface area contributed by atoms with Gasteiger partial charge in [-0.25, -0.2) is 9.82 Å². The number of amides is 1. The predicted molar refractivity (Wildman–Crippen MR) is 80.0 cm³/mol. The number of benzene rings is 2. The molecule has 20 heavy (non-hydrogen) atoms. The third-order valence-electron chi connectivity index (χ3n) is 2.58. The minimum absolute atomic E-state index is 0.224. The van der Waals surface area contributed by atoms with Crippen LogP contribution < -0.4 is 5.43 Å². The van der Waals surface area contributed by atoms with Crippen LogP contribution in [-0.2, 0) is 11.2 Å². The minimum Gasteiger partial charge on any atom is -0.273 e. The van der Waals surface area contributed by atoms with Crippen LogP contribution in [-0.4, -0.2) is 12.1 Å². The van der Waals surface area contributed by atoms with Crippen LogP contribution in [0.15, 0.2) is 58.1 Å².